The van der Waals surface area contributed by atoms with Crippen molar-refractivity contribution >= 4 is 34.3 Å². The minimum absolute atomic E-state index is 0.225. The van der Waals surface area contributed by atoms with Crippen molar-refractivity contribution < 1.29 is 14.0 Å². The van der Waals surface area contributed by atoms with Gasteiger partial charge in [-0.2, -0.15) is 0 Å². The number of aromatic nitrogens is 1. The van der Waals surface area contributed by atoms with Crippen molar-refractivity contribution in [1.29, 1.82) is 0 Å². The van der Waals surface area contributed by atoms with Gasteiger partial charge in [-0.25, -0.2) is 4.98 Å². The van der Waals surface area contributed by atoms with Gasteiger partial charge in [0.2, 0.25) is 0 Å². The van der Waals surface area contributed by atoms with Crippen LogP contribution in [0.5, 0.6) is 0 Å². The average molecular weight is 385 g/mol. The maximum Gasteiger partial charge on any atom is 0.255 e. The van der Waals surface area contributed by atoms with Gasteiger partial charge in [0.15, 0.2) is 11.5 Å². The molecule has 0 radical (unpaired) electrons. The first-order chi connectivity index (χ1) is 14.0. The lowest BCUT2D eigenvalue weighted by Crippen LogP contribution is -2.15. The second kappa shape index (κ2) is 7.59. The summed E-state index contributed by atoms with van der Waals surface area (Å²) in [4.78, 5) is 29.4. The zero-order valence-corrected chi connectivity index (χ0v) is 16.0. The van der Waals surface area contributed by atoms with Gasteiger partial charge in [0.05, 0.1) is 0 Å². The predicted octanol–water partition coefficient (Wildman–Crippen LogP) is 4.95. The van der Waals surface area contributed by atoms with Crippen LogP contribution in [-0.2, 0) is 0 Å². The summed E-state index contributed by atoms with van der Waals surface area (Å²) in [5, 5.41) is 5.72. The molecule has 0 unspecified atom stereocenters. The SMILES string of the molecule is Cc1nc2ccc(NC(=O)c3ccc(C)c(NC(=O)c4ccccc4)c3)cc2o1. The number of oxazole rings is 1. The van der Waals surface area contributed by atoms with Gasteiger partial charge in [-0.05, 0) is 48.9 Å². The second-order valence-corrected chi connectivity index (χ2v) is 6.72. The fraction of sp³-hybridized carbons (Fsp3) is 0.0870. The minimum Gasteiger partial charge on any atom is -0.441 e. The van der Waals surface area contributed by atoms with Crippen LogP contribution in [0.3, 0.4) is 0 Å². The normalized spacial score (nSPS) is 10.7. The summed E-state index contributed by atoms with van der Waals surface area (Å²) in [6, 6.07) is 19.4. The molecule has 144 valence electrons. The molecule has 2 amide bonds. The van der Waals surface area contributed by atoms with Crippen molar-refractivity contribution in [2.75, 3.05) is 10.6 Å². The fourth-order valence-corrected chi connectivity index (χ4v) is 3.00. The Bertz CT molecular complexity index is 1210. The Morgan fingerprint density at radius 3 is 2.38 bits per heavy atom. The number of nitrogens with zero attached hydrogens (tertiary/aromatic N) is 1. The molecule has 0 saturated heterocycles. The molecule has 0 fully saturated rings. The van der Waals surface area contributed by atoms with Crippen LogP contribution in [0.15, 0.2) is 71.1 Å². The first-order valence-electron chi connectivity index (χ1n) is 9.15. The van der Waals surface area contributed by atoms with E-state index in [1.807, 2.05) is 13.0 Å². The third-order valence-corrected chi connectivity index (χ3v) is 4.54. The molecule has 0 aliphatic heterocycles. The molecule has 0 aliphatic carbocycles. The van der Waals surface area contributed by atoms with Crippen LogP contribution in [0.4, 0.5) is 11.4 Å². The number of aryl methyl sites for hydroxylation is 2. The molecular weight excluding hydrogens is 366 g/mol. The molecule has 0 saturated carbocycles. The van der Waals surface area contributed by atoms with Crippen LogP contribution in [-0.4, -0.2) is 16.8 Å². The van der Waals surface area contributed by atoms with Gasteiger partial charge in [-0.1, -0.05) is 24.3 Å². The maximum atomic E-state index is 12.7. The third kappa shape index (κ3) is 4.01. The summed E-state index contributed by atoms with van der Waals surface area (Å²) in [5.74, 6) is 0.0639. The van der Waals surface area contributed by atoms with Gasteiger partial charge in [0, 0.05) is 35.5 Å². The van der Waals surface area contributed by atoms with E-state index in [-0.39, 0.29) is 11.8 Å². The molecule has 1 heterocycles. The highest BCUT2D eigenvalue weighted by Gasteiger charge is 2.12. The number of hydrogen-bond acceptors (Lipinski definition) is 4. The Labute approximate surface area is 167 Å². The van der Waals surface area contributed by atoms with E-state index in [0.717, 1.165) is 11.1 Å². The van der Waals surface area contributed by atoms with E-state index >= 15 is 0 Å². The van der Waals surface area contributed by atoms with Crippen molar-refractivity contribution in [3.63, 3.8) is 0 Å². The van der Waals surface area contributed by atoms with Gasteiger partial charge in [-0.15, -0.1) is 0 Å². The number of fused-ring (bicyclic) bond motifs is 1. The minimum atomic E-state index is -0.282. The molecule has 4 rings (SSSR count). The molecule has 0 spiro atoms. The molecule has 0 atom stereocenters. The molecule has 0 aliphatic rings. The monoisotopic (exact) mass is 385 g/mol. The first-order valence-corrected chi connectivity index (χ1v) is 9.15. The van der Waals surface area contributed by atoms with E-state index in [0.29, 0.717) is 34.0 Å². The molecule has 1 aromatic heterocycles. The van der Waals surface area contributed by atoms with E-state index < -0.39 is 0 Å². The van der Waals surface area contributed by atoms with Crippen molar-refractivity contribution in [2.45, 2.75) is 13.8 Å². The number of hydrogen-bond donors (Lipinski definition) is 2. The lowest BCUT2D eigenvalue weighted by atomic mass is 10.1. The highest BCUT2D eigenvalue weighted by atomic mass is 16.3. The molecule has 6 heteroatoms. The van der Waals surface area contributed by atoms with Crippen molar-refractivity contribution in [2.24, 2.45) is 0 Å². The molecule has 0 bridgehead atoms. The van der Waals surface area contributed by atoms with Crippen molar-refractivity contribution in [3.05, 3.63) is 89.3 Å². The molecule has 2 N–H and O–H groups in total. The van der Waals surface area contributed by atoms with Crippen LogP contribution >= 0.6 is 0 Å². The van der Waals surface area contributed by atoms with Crippen LogP contribution in [0.25, 0.3) is 11.1 Å². The van der Waals surface area contributed by atoms with Crippen LogP contribution in [0.2, 0.25) is 0 Å². The van der Waals surface area contributed by atoms with E-state index in [2.05, 4.69) is 15.6 Å². The Balaban J connectivity index is 1.53. The van der Waals surface area contributed by atoms with Crippen molar-refractivity contribution in [1.82, 2.24) is 4.98 Å². The predicted molar refractivity (Wildman–Crippen MR) is 112 cm³/mol. The number of rotatable bonds is 4. The quantitative estimate of drug-likeness (QED) is 0.521. The Hall–Kier alpha value is -3.93. The van der Waals surface area contributed by atoms with Crippen LogP contribution < -0.4 is 10.6 Å². The Kier molecular flexibility index (Phi) is 4.83. The highest BCUT2D eigenvalue weighted by molar-refractivity contribution is 6.08. The fourth-order valence-electron chi connectivity index (χ4n) is 3.00. The standard InChI is InChI=1S/C23H19N3O3/c1-14-8-9-17(12-20(14)26-22(27)16-6-4-3-5-7-16)23(28)25-18-10-11-19-21(13-18)29-15(2)24-19/h3-13H,1-2H3,(H,25,28)(H,26,27). The lowest BCUT2D eigenvalue weighted by Gasteiger charge is -2.11. The number of amides is 2. The van der Waals surface area contributed by atoms with Gasteiger partial charge >= 0.3 is 0 Å². The molecule has 3 aromatic carbocycles. The smallest absolute Gasteiger partial charge is 0.255 e. The maximum absolute atomic E-state index is 12.7. The zero-order valence-electron chi connectivity index (χ0n) is 16.0. The van der Waals surface area contributed by atoms with Gasteiger partial charge in [-0.3, -0.25) is 9.59 Å². The summed E-state index contributed by atoms with van der Waals surface area (Å²) < 4.78 is 5.51. The molecule has 6 nitrogen and oxygen atoms in total. The topological polar surface area (TPSA) is 84.2 Å². The molecular formula is C23H19N3O3. The summed E-state index contributed by atoms with van der Waals surface area (Å²) in [7, 11) is 0. The largest absolute Gasteiger partial charge is 0.441 e. The van der Waals surface area contributed by atoms with E-state index in [9.17, 15) is 9.59 Å². The Morgan fingerprint density at radius 1 is 0.828 bits per heavy atom. The zero-order chi connectivity index (χ0) is 20.4. The summed E-state index contributed by atoms with van der Waals surface area (Å²) in [5.41, 5.74) is 4.40. The molecule has 29 heavy (non-hydrogen) atoms. The number of anilines is 2. The third-order valence-electron chi connectivity index (χ3n) is 4.54. The van der Waals surface area contributed by atoms with Crippen LogP contribution in [0, 0.1) is 13.8 Å². The number of benzene rings is 3. The summed E-state index contributed by atoms with van der Waals surface area (Å²) >= 11 is 0. The van der Waals surface area contributed by atoms with Gasteiger partial charge < -0.3 is 15.1 Å². The van der Waals surface area contributed by atoms with E-state index in [4.69, 9.17) is 4.42 Å². The second-order valence-electron chi connectivity index (χ2n) is 6.72. The summed E-state index contributed by atoms with van der Waals surface area (Å²) in [6.07, 6.45) is 0. The van der Waals surface area contributed by atoms with Gasteiger partial charge in [0.1, 0.15) is 5.52 Å². The number of carbonyl (C=O) groups is 2. The van der Waals surface area contributed by atoms with E-state index in [1.54, 1.807) is 67.6 Å². The lowest BCUT2D eigenvalue weighted by molar-refractivity contribution is 0.101. The van der Waals surface area contributed by atoms with Gasteiger partial charge in [0.25, 0.3) is 11.8 Å². The summed E-state index contributed by atoms with van der Waals surface area (Å²) in [6.45, 7) is 3.65. The number of carbonyl (C=O) groups excluding carboxylic acids is 2. The molecule has 4 aromatic rings. The van der Waals surface area contributed by atoms with Crippen molar-refractivity contribution in [3.8, 4) is 0 Å². The highest BCUT2D eigenvalue weighted by Crippen LogP contribution is 2.22. The van der Waals surface area contributed by atoms with Crippen LogP contribution in [0.1, 0.15) is 32.2 Å². The van der Waals surface area contributed by atoms with E-state index in [1.165, 1.54) is 0 Å². The number of nitrogens with one attached hydrogen (secondary N) is 2. The average Bonchev–Trinajstić information content (AvgIpc) is 3.09. The first kappa shape index (κ1) is 18.4. The Morgan fingerprint density at radius 2 is 1.59 bits per heavy atom.